The molecule has 1 heterocycles. The molecule has 2 aromatic carbocycles. The molecule has 0 bridgehead atoms. The second kappa shape index (κ2) is 7.55. The largest absolute Gasteiger partial charge is 0.492 e. The minimum Gasteiger partial charge on any atom is -0.492 e. The molecule has 1 atom stereocenters. The van der Waals surface area contributed by atoms with Gasteiger partial charge >= 0.3 is 0 Å². The number of fused-ring (bicyclic) bond motifs is 1. The number of imidazole rings is 1. The maximum Gasteiger partial charge on any atom is 0.166 e. The summed E-state index contributed by atoms with van der Waals surface area (Å²) in [5.41, 5.74) is 3.39. The first-order valence-corrected chi connectivity index (χ1v) is 9.05. The number of aromatic amines is 1. The Kier molecular flexibility index (Phi) is 5.23. The number of hydrogen-bond acceptors (Lipinski definition) is 3. The van der Waals surface area contributed by atoms with E-state index in [1.165, 1.54) is 5.56 Å². The Morgan fingerprint density at radius 3 is 2.74 bits per heavy atom. The van der Waals surface area contributed by atoms with E-state index in [1.54, 1.807) is 11.8 Å². The second-order valence-corrected chi connectivity index (χ2v) is 6.69. The van der Waals surface area contributed by atoms with Crippen molar-refractivity contribution >= 4 is 22.8 Å². The van der Waals surface area contributed by atoms with E-state index >= 15 is 0 Å². The van der Waals surface area contributed by atoms with Crippen LogP contribution in [-0.4, -0.2) is 22.3 Å². The summed E-state index contributed by atoms with van der Waals surface area (Å²) in [6, 6.07) is 16.4. The van der Waals surface area contributed by atoms with Crippen molar-refractivity contribution in [3.05, 3.63) is 54.1 Å². The molecule has 0 saturated carbocycles. The number of benzene rings is 2. The topological polar surface area (TPSA) is 37.9 Å². The number of H-pyrrole nitrogens is 1. The van der Waals surface area contributed by atoms with Crippen LogP contribution in [0.1, 0.15) is 31.7 Å². The molecule has 3 aromatic rings. The maximum absolute atomic E-state index is 5.99. The zero-order valence-electron chi connectivity index (χ0n) is 13.6. The molecule has 4 heteroatoms. The number of nitrogens with one attached hydrogen (secondary N) is 1. The molecule has 1 unspecified atom stereocenters. The first-order valence-electron chi connectivity index (χ1n) is 8.07. The lowest BCUT2D eigenvalue weighted by Gasteiger charge is -2.15. The number of nitrogens with zero attached hydrogens (tertiary/aromatic N) is 1. The average molecular weight is 326 g/mol. The van der Waals surface area contributed by atoms with Gasteiger partial charge in [-0.1, -0.05) is 55.9 Å². The van der Waals surface area contributed by atoms with Crippen LogP contribution in [0, 0.1) is 0 Å². The van der Waals surface area contributed by atoms with E-state index in [2.05, 4.69) is 42.0 Å². The standard InChI is InChI=1S/C19H22N2OS/c1-3-14(2)15-8-4-7-11-18(15)22-12-13-23-19-20-16-9-5-6-10-17(16)21-19/h4-11,14H,3,12-13H2,1-2H3,(H,20,21). The lowest BCUT2D eigenvalue weighted by Crippen LogP contribution is -2.04. The molecule has 0 aliphatic heterocycles. The third-order valence-corrected chi connectivity index (χ3v) is 4.85. The Balaban J connectivity index is 1.55. The summed E-state index contributed by atoms with van der Waals surface area (Å²) >= 11 is 1.69. The maximum atomic E-state index is 5.99. The first kappa shape index (κ1) is 15.9. The first-order chi connectivity index (χ1) is 11.3. The van der Waals surface area contributed by atoms with Gasteiger partial charge in [-0.15, -0.1) is 0 Å². The molecule has 0 spiro atoms. The second-order valence-electron chi connectivity index (χ2n) is 5.60. The van der Waals surface area contributed by atoms with Crippen LogP contribution >= 0.6 is 11.8 Å². The van der Waals surface area contributed by atoms with E-state index in [9.17, 15) is 0 Å². The summed E-state index contributed by atoms with van der Waals surface area (Å²) in [6.07, 6.45) is 1.12. The van der Waals surface area contributed by atoms with E-state index in [0.717, 1.165) is 34.1 Å². The van der Waals surface area contributed by atoms with Gasteiger partial charge in [-0.05, 0) is 36.1 Å². The normalized spacial score (nSPS) is 12.4. The van der Waals surface area contributed by atoms with E-state index in [0.29, 0.717) is 12.5 Å². The van der Waals surface area contributed by atoms with Gasteiger partial charge in [0.05, 0.1) is 17.6 Å². The van der Waals surface area contributed by atoms with Crippen LogP contribution in [0.25, 0.3) is 11.0 Å². The molecular formula is C19H22N2OS. The van der Waals surface area contributed by atoms with Crippen LogP contribution in [-0.2, 0) is 0 Å². The summed E-state index contributed by atoms with van der Waals surface area (Å²) in [7, 11) is 0. The highest BCUT2D eigenvalue weighted by atomic mass is 32.2. The van der Waals surface area contributed by atoms with Crippen molar-refractivity contribution < 1.29 is 4.74 Å². The molecule has 1 aromatic heterocycles. The lowest BCUT2D eigenvalue weighted by molar-refractivity contribution is 0.338. The van der Waals surface area contributed by atoms with Crippen LogP contribution in [0.3, 0.4) is 0 Å². The monoisotopic (exact) mass is 326 g/mol. The van der Waals surface area contributed by atoms with Gasteiger partial charge in [-0.3, -0.25) is 0 Å². The SMILES string of the molecule is CCC(C)c1ccccc1OCCSc1nc2ccccc2[nH]1. The van der Waals surface area contributed by atoms with Gasteiger partial charge in [-0.2, -0.15) is 0 Å². The van der Waals surface area contributed by atoms with Crippen LogP contribution in [0.15, 0.2) is 53.7 Å². The van der Waals surface area contributed by atoms with Crippen molar-refractivity contribution in [1.82, 2.24) is 9.97 Å². The number of aromatic nitrogens is 2. The van der Waals surface area contributed by atoms with Gasteiger partial charge in [0.2, 0.25) is 0 Å². The van der Waals surface area contributed by atoms with Crippen LogP contribution < -0.4 is 4.74 Å². The minimum atomic E-state index is 0.522. The van der Waals surface area contributed by atoms with Crippen molar-refractivity contribution in [3.63, 3.8) is 0 Å². The number of para-hydroxylation sites is 3. The molecule has 0 aliphatic carbocycles. The zero-order valence-corrected chi connectivity index (χ0v) is 14.4. The molecule has 0 aliphatic rings. The number of ether oxygens (including phenoxy) is 1. The highest BCUT2D eigenvalue weighted by molar-refractivity contribution is 7.99. The van der Waals surface area contributed by atoms with Gasteiger partial charge in [-0.25, -0.2) is 4.98 Å². The smallest absolute Gasteiger partial charge is 0.166 e. The number of thioether (sulfide) groups is 1. The molecule has 120 valence electrons. The predicted molar refractivity (Wildman–Crippen MR) is 97.5 cm³/mol. The third kappa shape index (κ3) is 3.88. The molecule has 0 fully saturated rings. The van der Waals surface area contributed by atoms with E-state index in [4.69, 9.17) is 4.74 Å². The zero-order chi connectivity index (χ0) is 16.1. The predicted octanol–water partition coefficient (Wildman–Crippen LogP) is 5.25. The van der Waals surface area contributed by atoms with Crippen LogP contribution in [0.5, 0.6) is 5.75 Å². The highest BCUT2D eigenvalue weighted by Gasteiger charge is 2.09. The Morgan fingerprint density at radius 1 is 1.13 bits per heavy atom. The average Bonchev–Trinajstić information content (AvgIpc) is 3.01. The van der Waals surface area contributed by atoms with Crippen molar-refractivity contribution in [3.8, 4) is 5.75 Å². The molecular weight excluding hydrogens is 304 g/mol. The Morgan fingerprint density at radius 2 is 1.91 bits per heavy atom. The molecule has 3 nitrogen and oxygen atoms in total. The molecule has 0 amide bonds. The van der Waals surface area contributed by atoms with E-state index < -0.39 is 0 Å². The summed E-state index contributed by atoms with van der Waals surface area (Å²) < 4.78 is 5.99. The van der Waals surface area contributed by atoms with E-state index in [1.807, 2.05) is 30.3 Å². The Hall–Kier alpha value is -1.94. The van der Waals surface area contributed by atoms with Crippen molar-refractivity contribution in [2.75, 3.05) is 12.4 Å². The molecule has 3 rings (SSSR count). The summed E-state index contributed by atoms with van der Waals surface area (Å²) in [4.78, 5) is 7.90. The fourth-order valence-corrected chi connectivity index (χ4v) is 3.23. The third-order valence-electron chi connectivity index (χ3n) is 4.01. The van der Waals surface area contributed by atoms with Gasteiger partial charge in [0, 0.05) is 5.75 Å². The summed E-state index contributed by atoms with van der Waals surface area (Å²) in [6.45, 7) is 5.12. The quantitative estimate of drug-likeness (QED) is 0.476. The molecule has 23 heavy (non-hydrogen) atoms. The van der Waals surface area contributed by atoms with Crippen LogP contribution in [0.2, 0.25) is 0 Å². The van der Waals surface area contributed by atoms with Crippen molar-refractivity contribution in [2.45, 2.75) is 31.3 Å². The Bertz CT molecular complexity index is 736. The van der Waals surface area contributed by atoms with Gasteiger partial charge < -0.3 is 9.72 Å². The molecule has 0 saturated heterocycles. The van der Waals surface area contributed by atoms with Crippen molar-refractivity contribution in [1.29, 1.82) is 0 Å². The Labute approximate surface area is 141 Å². The van der Waals surface area contributed by atoms with Crippen LogP contribution in [0.4, 0.5) is 0 Å². The van der Waals surface area contributed by atoms with E-state index in [-0.39, 0.29) is 0 Å². The lowest BCUT2D eigenvalue weighted by atomic mass is 9.98. The van der Waals surface area contributed by atoms with Crippen molar-refractivity contribution in [2.24, 2.45) is 0 Å². The number of rotatable bonds is 7. The fourth-order valence-electron chi connectivity index (χ4n) is 2.53. The summed E-state index contributed by atoms with van der Waals surface area (Å²) in [5.74, 6) is 2.40. The van der Waals surface area contributed by atoms with Gasteiger partial charge in [0.1, 0.15) is 5.75 Å². The molecule has 0 radical (unpaired) electrons. The summed E-state index contributed by atoms with van der Waals surface area (Å²) in [5, 5.41) is 0.949. The highest BCUT2D eigenvalue weighted by Crippen LogP contribution is 2.28. The molecule has 1 N–H and O–H groups in total. The number of hydrogen-bond donors (Lipinski definition) is 1. The van der Waals surface area contributed by atoms with Gasteiger partial charge in [0.25, 0.3) is 0 Å². The minimum absolute atomic E-state index is 0.522. The fraction of sp³-hybridized carbons (Fsp3) is 0.316. The van der Waals surface area contributed by atoms with Gasteiger partial charge in [0.15, 0.2) is 5.16 Å².